The van der Waals surface area contributed by atoms with E-state index in [1.54, 1.807) is 18.2 Å². The molecule has 1 aliphatic rings. The molecule has 1 fully saturated rings. The Balaban J connectivity index is 2.22. The van der Waals surface area contributed by atoms with E-state index in [1.165, 1.54) is 0 Å². The number of carbonyl (C=O) groups is 1. The molecule has 5 nitrogen and oxygen atoms in total. The van der Waals surface area contributed by atoms with Gasteiger partial charge in [0.15, 0.2) is 0 Å². The van der Waals surface area contributed by atoms with Crippen molar-refractivity contribution in [3.8, 4) is 5.75 Å². The Morgan fingerprint density at radius 2 is 2.25 bits per heavy atom. The number of anilines is 1. The minimum absolute atomic E-state index is 0.0203. The number of hydrogen-bond donors (Lipinski definition) is 1. The summed E-state index contributed by atoms with van der Waals surface area (Å²) in [5.74, 6) is 0.596. The zero-order valence-corrected chi connectivity index (χ0v) is 12.3. The van der Waals surface area contributed by atoms with Crippen molar-refractivity contribution in [1.82, 2.24) is 4.90 Å². The molecule has 1 aromatic carbocycles. The summed E-state index contributed by atoms with van der Waals surface area (Å²) in [4.78, 5) is 14.4. The summed E-state index contributed by atoms with van der Waals surface area (Å²) < 4.78 is 10.8. The zero-order valence-electron chi connectivity index (χ0n) is 12.3. The van der Waals surface area contributed by atoms with Crippen LogP contribution in [0.2, 0.25) is 0 Å². The topological polar surface area (TPSA) is 64.8 Å². The van der Waals surface area contributed by atoms with Gasteiger partial charge in [-0.25, -0.2) is 0 Å². The number of benzene rings is 1. The summed E-state index contributed by atoms with van der Waals surface area (Å²) in [5.41, 5.74) is 6.69. The van der Waals surface area contributed by atoms with Crippen molar-refractivity contribution < 1.29 is 14.3 Å². The molecule has 0 unspecified atom stereocenters. The normalized spacial score (nSPS) is 17.9. The van der Waals surface area contributed by atoms with Crippen molar-refractivity contribution in [3.63, 3.8) is 0 Å². The molecule has 1 amide bonds. The number of morpholine rings is 1. The molecule has 1 aliphatic heterocycles. The summed E-state index contributed by atoms with van der Waals surface area (Å²) in [6, 6.07) is 5.19. The van der Waals surface area contributed by atoms with Crippen LogP contribution in [0, 0.1) is 0 Å². The lowest BCUT2D eigenvalue weighted by molar-refractivity contribution is -0.0370. The van der Waals surface area contributed by atoms with Gasteiger partial charge in [-0.3, -0.25) is 4.79 Å². The van der Waals surface area contributed by atoms with Crippen molar-refractivity contribution in [2.75, 3.05) is 32.1 Å². The fourth-order valence-electron chi connectivity index (χ4n) is 2.36. The highest BCUT2D eigenvalue weighted by Crippen LogP contribution is 2.26. The predicted molar refractivity (Wildman–Crippen MR) is 78.0 cm³/mol. The van der Waals surface area contributed by atoms with E-state index in [0.29, 0.717) is 43.4 Å². The van der Waals surface area contributed by atoms with E-state index in [9.17, 15) is 4.79 Å². The molecule has 110 valence electrons. The lowest BCUT2D eigenvalue weighted by Crippen LogP contribution is -2.55. The quantitative estimate of drug-likeness (QED) is 0.858. The van der Waals surface area contributed by atoms with Crippen LogP contribution in [0.4, 0.5) is 5.69 Å². The lowest BCUT2D eigenvalue weighted by atomic mass is 10.0. The molecule has 2 N–H and O–H groups in total. The van der Waals surface area contributed by atoms with Gasteiger partial charge in [-0.05, 0) is 39.0 Å². The van der Waals surface area contributed by atoms with E-state index in [1.807, 2.05) is 25.7 Å². The van der Waals surface area contributed by atoms with Crippen molar-refractivity contribution in [2.24, 2.45) is 0 Å². The van der Waals surface area contributed by atoms with Crippen LogP contribution >= 0.6 is 0 Å². The number of nitrogen functional groups attached to an aromatic ring is 1. The summed E-state index contributed by atoms with van der Waals surface area (Å²) in [5, 5.41) is 0. The molecule has 5 heteroatoms. The number of ether oxygens (including phenoxy) is 2. The van der Waals surface area contributed by atoms with E-state index < -0.39 is 0 Å². The minimum Gasteiger partial charge on any atom is -0.492 e. The molecule has 0 spiro atoms. The van der Waals surface area contributed by atoms with Gasteiger partial charge in [-0.1, -0.05) is 0 Å². The fraction of sp³-hybridized carbons (Fsp3) is 0.533. The number of rotatable bonds is 3. The van der Waals surface area contributed by atoms with Crippen LogP contribution in [0.25, 0.3) is 0 Å². The molecular weight excluding hydrogens is 256 g/mol. The summed E-state index contributed by atoms with van der Waals surface area (Å²) in [6.07, 6.45) is 0. The highest BCUT2D eigenvalue weighted by Gasteiger charge is 2.34. The minimum atomic E-state index is -0.303. The lowest BCUT2D eigenvalue weighted by Gasteiger charge is -2.42. The van der Waals surface area contributed by atoms with E-state index in [4.69, 9.17) is 15.2 Å². The summed E-state index contributed by atoms with van der Waals surface area (Å²) in [6.45, 7) is 8.17. The average molecular weight is 278 g/mol. The van der Waals surface area contributed by atoms with Gasteiger partial charge in [0.25, 0.3) is 5.91 Å². The van der Waals surface area contributed by atoms with Crippen molar-refractivity contribution in [2.45, 2.75) is 26.3 Å². The highest BCUT2D eigenvalue weighted by atomic mass is 16.5. The zero-order chi connectivity index (χ0) is 14.8. The van der Waals surface area contributed by atoms with Crippen LogP contribution in [-0.4, -0.2) is 42.7 Å². The maximum absolute atomic E-state index is 12.6. The van der Waals surface area contributed by atoms with Gasteiger partial charge in [-0.15, -0.1) is 0 Å². The van der Waals surface area contributed by atoms with Gasteiger partial charge in [0.05, 0.1) is 31.0 Å². The number of hydrogen-bond acceptors (Lipinski definition) is 4. The standard InChI is InChI=1S/C15H22N2O3/c1-4-20-13-6-5-11(9-12(13)16)14(18)17-7-8-19-10-15(17,2)3/h5-6,9H,4,7-8,10,16H2,1-3H3. The van der Waals surface area contributed by atoms with Crippen molar-refractivity contribution in [1.29, 1.82) is 0 Å². The SMILES string of the molecule is CCOc1ccc(C(=O)N2CCOCC2(C)C)cc1N. The molecule has 1 heterocycles. The molecule has 1 aromatic rings. The molecule has 0 aromatic heterocycles. The maximum Gasteiger partial charge on any atom is 0.254 e. The molecule has 1 saturated heterocycles. The molecule has 0 atom stereocenters. The molecule has 2 rings (SSSR count). The Morgan fingerprint density at radius 3 is 2.85 bits per heavy atom. The fourth-order valence-corrected chi connectivity index (χ4v) is 2.36. The van der Waals surface area contributed by atoms with Crippen LogP contribution in [0.15, 0.2) is 18.2 Å². The third-order valence-corrected chi connectivity index (χ3v) is 3.45. The smallest absolute Gasteiger partial charge is 0.254 e. The Kier molecular flexibility index (Phi) is 4.18. The predicted octanol–water partition coefficient (Wildman–Crippen LogP) is 1.92. The number of carbonyl (C=O) groups excluding carboxylic acids is 1. The van der Waals surface area contributed by atoms with Crippen LogP contribution in [0.5, 0.6) is 5.75 Å². The van der Waals surface area contributed by atoms with Gasteiger partial charge in [0.2, 0.25) is 0 Å². The van der Waals surface area contributed by atoms with Crippen LogP contribution in [-0.2, 0) is 4.74 Å². The Bertz CT molecular complexity index is 500. The molecule has 0 bridgehead atoms. The highest BCUT2D eigenvalue weighted by molar-refractivity contribution is 5.96. The number of amides is 1. The van der Waals surface area contributed by atoms with Gasteiger partial charge in [0, 0.05) is 12.1 Å². The first-order valence-electron chi connectivity index (χ1n) is 6.88. The number of nitrogens with zero attached hydrogens (tertiary/aromatic N) is 1. The monoisotopic (exact) mass is 278 g/mol. The average Bonchev–Trinajstić information content (AvgIpc) is 2.40. The second kappa shape index (κ2) is 5.71. The largest absolute Gasteiger partial charge is 0.492 e. The third kappa shape index (κ3) is 2.88. The molecule has 20 heavy (non-hydrogen) atoms. The van der Waals surface area contributed by atoms with Gasteiger partial charge < -0.3 is 20.1 Å². The molecule has 0 radical (unpaired) electrons. The Morgan fingerprint density at radius 1 is 1.50 bits per heavy atom. The van der Waals surface area contributed by atoms with Crippen molar-refractivity contribution >= 4 is 11.6 Å². The number of nitrogens with two attached hydrogens (primary N) is 1. The van der Waals surface area contributed by atoms with Crippen LogP contribution in [0.3, 0.4) is 0 Å². The van der Waals surface area contributed by atoms with Crippen LogP contribution < -0.4 is 10.5 Å². The van der Waals surface area contributed by atoms with E-state index in [2.05, 4.69) is 0 Å². The second-order valence-electron chi connectivity index (χ2n) is 5.51. The first-order valence-corrected chi connectivity index (χ1v) is 6.88. The van der Waals surface area contributed by atoms with Gasteiger partial charge in [0.1, 0.15) is 5.75 Å². The van der Waals surface area contributed by atoms with E-state index in [-0.39, 0.29) is 11.4 Å². The Labute approximate surface area is 119 Å². The molecule has 0 saturated carbocycles. The van der Waals surface area contributed by atoms with E-state index >= 15 is 0 Å². The first kappa shape index (κ1) is 14.7. The molecule has 0 aliphatic carbocycles. The summed E-state index contributed by atoms with van der Waals surface area (Å²) in [7, 11) is 0. The van der Waals surface area contributed by atoms with Crippen LogP contribution in [0.1, 0.15) is 31.1 Å². The Hall–Kier alpha value is -1.75. The van der Waals surface area contributed by atoms with Gasteiger partial charge >= 0.3 is 0 Å². The van der Waals surface area contributed by atoms with Crippen molar-refractivity contribution in [3.05, 3.63) is 23.8 Å². The third-order valence-electron chi connectivity index (χ3n) is 3.45. The second-order valence-corrected chi connectivity index (χ2v) is 5.51. The molecular formula is C15H22N2O3. The van der Waals surface area contributed by atoms with E-state index in [0.717, 1.165) is 0 Å². The van der Waals surface area contributed by atoms with Gasteiger partial charge in [-0.2, -0.15) is 0 Å². The maximum atomic E-state index is 12.6. The first-order chi connectivity index (χ1) is 9.45. The summed E-state index contributed by atoms with van der Waals surface area (Å²) >= 11 is 0.